The average Bonchev–Trinajstić information content (AvgIpc) is 3.06. The van der Waals surface area contributed by atoms with Crippen molar-refractivity contribution in [3.63, 3.8) is 0 Å². The maximum Gasteiger partial charge on any atom is 0.306 e. The summed E-state index contributed by atoms with van der Waals surface area (Å²) in [5.74, 6) is 1.08. The van der Waals surface area contributed by atoms with Gasteiger partial charge in [-0.15, -0.1) is 0 Å². The molecule has 0 bridgehead atoms. The van der Waals surface area contributed by atoms with E-state index < -0.39 is 10.1 Å². The van der Waals surface area contributed by atoms with Crippen LogP contribution in [-0.4, -0.2) is 36.7 Å². The molecule has 0 atom stereocenters. The molecule has 2 N–H and O–H groups in total. The molecular formula is C20H19N3O5S. The summed E-state index contributed by atoms with van der Waals surface area (Å²) >= 11 is 0. The van der Waals surface area contributed by atoms with E-state index in [1.807, 2.05) is 19.9 Å². The Hall–Kier alpha value is -3.33. The molecule has 0 amide bonds. The number of aryl methyl sites for hydroxylation is 2. The van der Waals surface area contributed by atoms with Gasteiger partial charge in [0.15, 0.2) is 0 Å². The van der Waals surface area contributed by atoms with Crippen molar-refractivity contribution in [1.29, 1.82) is 0 Å². The summed E-state index contributed by atoms with van der Waals surface area (Å²) in [4.78, 5) is 23.1. The van der Waals surface area contributed by atoms with Crippen molar-refractivity contribution in [1.82, 2.24) is 15.0 Å². The molecule has 2 aromatic carbocycles. The van der Waals surface area contributed by atoms with E-state index in [0.717, 1.165) is 22.9 Å². The predicted octanol–water partition coefficient (Wildman–Crippen LogP) is 3.04. The Labute approximate surface area is 166 Å². The van der Waals surface area contributed by atoms with E-state index >= 15 is 0 Å². The smallest absolute Gasteiger partial charge is 0.306 e. The lowest BCUT2D eigenvalue weighted by molar-refractivity contribution is 0.413. The number of rotatable bonds is 4. The molecule has 4 rings (SSSR count). The number of fused-ring (bicyclic) bond motifs is 2. The molecule has 2 heterocycles. The fourth-order valence-electron chi connectivity index (χ4n) is 3.31. The van der Waals surface area contributed by atoms with Crippen molar-refractivity contribution in [2.45, 2.75) is 13.8 Å². The highest BCUT2D eigenvalue weighted by Gasteiger charge is 2.15. The van der Waals surface area contributed by atoms with Gasteiger partial charge in [-0.2, -0.15) is 8.42 Å². The number of aromatic amines is 2. The summed E-state index contributed by atoms with van der Waals surface area (Å²) in [6, 6.07) is 8.34. The molecule has 9 heteroatoms. The molecule has 0 unspecified atom stereocenters. The number of H-pyrrole nitrogens is 2. The molecule has 29 heavy (non-hydrogen) atoms. The van der Waals surface area contributed by atoms with Crippen molar-refractivity contribution in [2.24, 2.45) is 0 Å². The molecule has 0 aliphatic heterocycles. The van der Waals surface area contributed by atoms with Crippen molar-refractivity contribution in [2.75, 3.05) is 13.4 Å². The average molecular weight is 413 g/mol. The SMILES string of the molecule is COc1cc(OS(C)(=O)=O)ccc1-c1nc2cc3c(C)c(C)[nH]c(=O)c3cc2[nH]1. The number of ether oxygens (including phenoxy) is 1. The number of nitrogens with one attached hydrogen (secondary N) is 2. The Morgan fingerprint density at radius 3 is 2.48 bits per heavy atom. The predicted molar refractivity (Wildman–Crippen MR) is 111 cm³/mol. The van der Waals surface area contributed by atoms with E-state index in [1.165, 1.54) is 19.2 Å². The zero-order valence-electron chi connectivity index (χ0n) is 16.3. The molecule has 150 valence electrons. The molecule has 0 saturated carbocycles. The fraction of sp³-hybridized carbons (Fsp3) is 0.200. The second kappa shape index (κ2) is 6.63. The van der Waals surface area contributed by atoms with E-state index in [2.05, 4.69) is 15.0 Å². The van der Waals surface area contributed by atoms with Crippen LogP contribution in [0.15, 0.2) is 35.1 Å². The summed E-state index contributed by atoms with van der Waals surface area (Å²) in [5.41, 5.74) is 3.71. The van der Waals surface area contributed by atoms with Crippen LogP contribution in [0.3, 0.4) is 0 Å². The van der Waals surface area contributed by atoms with Gasteiger partial charge in [0.1, 0.15) is 17.3 Å². The number of aromatic nitrogens is 3. The zero-order valence-corrected chi connectivity index (χ0v) is 17.1. The lowest BCUT2D eigenvalue weighted by Crippen LogP contribution is -2.09. The van der Waals surface area contributed by atoms with E-state index in [0.29, 0.717) is 33.6 Å². The Morgan fingerprint density at radius 1 is 1.03 bits per heavy atom. The first-order chi connectivity index (χ1) is 13.7. The van der Waals surface area contributed by atoms with Gasteiger partial charge in [0.2, 0.25) is 0 Å². The van der Waals surface area contributed by atoms with E-state index in [4.69, 9.17) is 8.92 Å². The first-order valence-electron chi connectivity index (χ1n) is 8.77. The summed E-state index contributed by atoms with van der Waals surface area (Å²) in [6.07, 6.45) is 0.975. The number of hydrogen-bond donors (Lipinski definition) is 2. The summed E-state index contributed by atoms with van der Waals surface area (Å²) in [7, 11) is -2.17. The topological polar surface area (TPSA) is 114 Å². The minimum absolute atomic E-state index is 0.146. The van der Waals surface area contributed by atoms with Gasteiger partial charge in [-0.25, -0.2) is 4.98 Å². The van der Waals surface area contributed by atoms with E-state index in [-0.39, 0.29) is 11.3 Å². The van der Waals surface area contributed by atoms with Crippen LogP contribution in [0.2, 0.25) is 0 Å². The van der Waals surface area contributed by atoms with Gasteiger partial charge >= 0.3 is 10.1 Å². The third-order valence-corrected chi connectivity index (χ3v) is 5.30. The summed E-state index contributed by atoms with van der Waals surface area (Å²) < 4.78 is 33.0. The van der Waals surface area contributed by atoms with Gasteiger partial charge in [-0.05, 0) is 49.1 Å². The quantitative estimate of drug-likeness (QED) is 0.497. The van der Waals surface area contributed by atoms with Gasteiger partial charge in [0.25, 0.3) is 5.56 Å². The third kappa shape index (κ3) is 3.44. The summed E-state index contributed by atoms with van der Waals surface area (Å²) in [6.45, 7) is 3.82. The Kier molecular flexibility index (Phi) is 4.34. The molecule has 8 nitrogen and oxygen atoms in total. The van der Waals surface area contributed by atoms with Crippen LogP contribution in [0.4, 0.5) is 0 Å². The van der Waals surface area contributed by atoms with Gasteiger partial charge in [-0.1, -0.05) is 0 Å². The number of methoxy groups -OCH3 is 1. The maximum atomic E-state index is 12.4. The maximum absolute atomic E-state index is 12.4. The van der Waals surface area contributed by atoms with E-state index in [1.54, 1.807) is 12.1 Å². The molecule has 4 aromatic rings. The van der Waals surface area contributed by atoms with Gasteiger partial charge in [0.05, 0.1) is 30.0 Å². The zero-order chi connectivity index (χ0) is 20.9. The van der Waals surface area contributed by atoms with Crippen LogP contribution in [0.1, 0.15) is 11.3 Å². The van der Waals surface area contributed by atoms with Crippen molar-refractivity contribution in [3.05, 3.63) is 51.9 Å². The van der Waals surface area contributed by atoms with Crippen LogP contribution >= 0.6 is 0 Å². The standard InChI is InChI=1S/C20H19N3O5S/c1-10-11(2)21-20(24)15-9-17-16(8-14(10)15)22-19(23-17)13-6-5-12(7-18(13)27-3)28-29(4,25)26/h5-9H,1-4H3,(H,21,24)(H,22,23). The van der Waals surface area contributed by atoms with Crippen LogP contribution in [0.5, 0.6) is 11.5 Å². The largest absolute Gasteiger partial charge is 0.496 e. The number of imidazole rings is 1. The van der Waals surface area contributed by atoms with Gasteiger partial charge < -0.3 is 18.9 Å². The number of hydrogen-bond acceptors (Lipinski definition) is 6. The minimum atomic E-state index is -3.65. The fourth-order valence-corrected chi connectivity index (χ4v) is 3.76. The molecular weight excluding hydrogens is 394 g/mol. The van der Waals surface area contributed by atoms with Crippen LogP contribution in [-0.2, 0) is 10.1 Å². The minimum Gasteiger partial charge on any atom is -0.496 e. The number of nitrogens with zero attached hydrogens (tertiary/aromatic N) is 1. The molecule has 0 fully saturated rings. The van der Waals surface area contributed by atoms with Gasteiger partial charge in [0, 0.05) is 17.1 Å². The number of benzene rings is 2. The third-order valence-electron chi connectivity index (χ3n) is 4.81. The lowest BCUT2D eigenvalue weighted by atomic mass is 10.1. The lowest BCUT2D eigenvalue weighted by Gasteiger charge is -2.09. The molecule has 2 aromatic heterocycles. The first kappa shape index (κ1) is 19.0. The second-order valence-electron chi connectivity index (χ2n) is 6.85. The molecule has 0 saturated heterocycles. The highest BCUT2D eigenvalue weighted by molar-refractivity contribution is 7.86. The Balaban J connectivity index is 1.88. The second-order valence-corrected chi connectivity index (χ2v) is 8.43. The van der Waals surface area contributed by atoms with Crippen LogP contribution in [0, 0.1) is 13.8 Å². The molecule has 0 radical (unpaired) electrons. The van der Waals surface area contributed by atoms with Crippen molar-refractivity contribution < 1.29 is 17.3 Å². The molecule has 0 spiro atoms. The monoisotopic (exact) mass is 413 g/mol. The van der Waals surface area contributed by atoms with Crippen molar-refractivity contribution >= 4 is 31.9 Å². The highest BCUT2D eigenvalue weighted by atomic mass is 32.2. The van der Waals surface area contributed by atoms with E-state index in [9.17, 15) is 13.2 Å². The van der Waals surface area contributed by atoms with Crippen molar-refractivity contribution in [3.8, 4) is 22.9 Å². The van der Waals surface area contributed by atoms with Crippen LogP contribution in [0.25, 0.3) is 33.2 Å². The molecule has 0 aliphatic rings. The molecule has 0 aliphatic carbocycles. The highest BCUT2D eigenvalue weighted by Crippen LogP contribution is 2.34. The van der Waals surface area contributed by atoms with Crippen LogP contribution < -0.4 is 14.5 Å². The number of pyridine rings is 1. The summed E-state index contributed by atoms with van der Waals surface area (Å²) in [5, 5.41) is 1.43. The Morgan fingerprint density at radius 2 is 1.79 bits per heavy atom. The van der Waals surface area contributed by atoms with Gasteiger partial charge in [-0.3, -0.25) is 4.79 Å². The Bertz CT molecular complexity index is 1430. The first-order valence-corrected chi connectivity index (χ1v) is 10.6. The normalized spacial score (nSPS) is 11.9.